The van der Waals surface area contributed by atoms with Gasteiger partial charge in [-0.05, 0) is 48.4 Å². The molecule has 1 aliphatic rings. The van der Waals surface area contributed by atoms with Crippen molar-refractivity contribution in [3.8, 4) is 23.5 Å². The molecule has 4 nitrogen and oxygen atoms in total. The van der Waals surface area contributed by atoms with Gasteiger partial charge in [0.05, 0.1) is 32.1 Å². The van der Waals surface area contributed by atoms with Crippen molar-refractivity contribution in [2.24, 2.45) is 0 Å². The van der Waals surface area contributed by atoms with Crippen LogP contribution in [-0.2, 0) is 6.42 Å². The van der Waals surface area contributed by atoms with Crippen LogP contribution in [0, 0.1) is 12.0 Å². The third-order valence-corrected chi connectivity index (χ3v) is 6.35. The molecule has 0 unspecified atom stereocenters. The maximum atomic E-state index is 5.40. The molecule has 0 aromatic heterocycles. The minimum Gasteiger partial charge on any atom is -0.493 e. The number of hydrogen-bond donors (Lipinski definition) is 0. The molecule has 0 saturated heterocycles. The summed E-state index contributed by atoms with van der Waals surface area (Å²) in [6.07, 6.45) is 0.886. The Hall–Kier alpha value is -3.23. The van der Waals surface area contributed by atoms with E-state index in [1.54, 1.807) is 14.2 Å². The van der Waals surface area contributed by atoms with E-state index in [0.29, 0.717) is 6.54 Å². The zero-order chi connectivity index (χ0) is 21.6. The van der Waals surface area contributed by atoms with Crippen molar-refractivity contribution in [3.05, 3.63) is 72.3 Å². The van der Waals surface area contributed by atoms with Gasteiger partial charge < -0.3 is 19.3 Å². The number of methoxy groups -OCH3 is 2. The maximum Gasteiger partial charge on any atom is 0.160 e. The van der Waals surface area contributed by atoms with Gasteiger partial charge >= 0.3 is 0 Å². The van der Waals surface area contributed by atoms with Crippen LogP contribution in [0.2, 0.25) is 0 Å². The summed E-state index contributed by atoms with van der Waals surface area (Å²) in [4.78, 5) is 6.89. The van der Waals surface area contributed by atoms with E-state index in [0.717, 1.165) is 24.5 Å². The molecule has 0 N–H and O–H groups in total. The van der Waals surface area contributed by atoms with Gasteiger partial charge in [0.1, 0.15) is 0 Å². The molecule has 158 valence electrons. The van der Waals surface area contributed by atoms with Gasteiger partial charge in [0.25, 0.3) is 0 Å². The minimum absolute atomic E-state index is 0.648. The van der Waals surface area contributed by atoms with E-state index in [1.807, 2.05) is 35.8 Å². The van der Waals surface area contributed by atoms with Crippen molar-refractivity contribution in [2.45, 2.75) is 16.2 Å². The Morgan fingerprint density at radius 2 is 1.52 bits per heavy atom. The van der Waals surface area contributed by atoms with Crippen molar-refractivity contribution < 1.29 is 9.47 Å². The number of rotatable bonds is 6. The lowest BCUT2D eigenvalue weighted by Gasteiger charge is -2.31. The van der Waals surface area contributed by atoms with Crippen molar-refractivity contribution in [1.29, 1.82) is 0 Å². The smallest absolute Gasteiger partial charge is 0.160 e. The van der Waals surface area contributed by atoms with E-state index in [1.165, 1.54) is 26.7 Å². The summed E-state index contributed by atoms with van der Waals surface area (Å²) in [6.45, 7) is 1.49. The number of para-hydroxylation sites is 2. The van der Waals surface area contributed by atoms with Crippen LogP contribution in [0.5, 0.6) is 11.5 Å². The fraction of sp³-hybridized carbons (Fsp3) is 0.231. The fourth-order valence-electron chi connectivity index (χ4n) is 3.59. The summed E-state index contributed by atoms with van der Waals surface area (Å²) in [5.74, 6) is 4.87. The lowest BCUT2D eigenvalue weighted by Crippen LogP contribution is -2.22. The molecule has 0 aliphatic carbocycles. The average Bonchev–Trinajstić information content (AvgIpc) is 2.82. The molecular formula is C26H26N2O2S. The van der Waals surface area contributed by atoms with Gasteiger partial charge in [-0.15, -0.1) is 0 Å². The summed E-state index contributed by atoms with van der Waals surface area (Å²) in [6, 6.07) is 26.4. The molecule has 1 aliphatic heterocycles. The van der Waals surface area contributed by atoms with Crippen LogP contribution in [0.3, 0.4) is 0 Å². The largest absolute Gasteiger partial charge is 0.493 e. The summed E-state index contributed by atoms with van der Waals surface area (Å²) in [7, 11) is 5.34. The van der Waals surface area contributed by atoms with Gasteiger partial charge in [-0.25, -0.2) is 0 Å². The first-order valence-electron chi connectivity index (χ1n) is 10.2. The first kappa shape index (κ1) is 21.0. The minimum atomic E-state index is 0.648. The van der Waals surface area contributed by atoms with Crippen LogP contribution in [0.25, 0.3) is 0 Å². The zero-order valence-corrected chi connectivity index (χ0v) is 18.9. The average molecular weight is 431 g/mol. The number of benzene rings is 3. The van der Waals surface area contributed by atoms with Crippen LogP contribution in [0.4, 0.5) is 11.4 Å². The predicted octanol–water partition coefficient (Wildman–Crippen LogP) is 5.44. The molecule has 3 aromatic carbocycles. The van der Waals surface area contributed by atoms with E-state index in [2.05, 4.69) is 71.5 Å². The molecule has 3 aromatic rings. The normalized spacial score (nSPS) is 11.6. The monoisotopic (exact) mass is 430 g/mol. The molecule has 0 spiro atoms. The van der Waals surface area contributed by atoms with Crippen molar-refractivity contribution >= 4 is 23.1 Å². The highest BCUT2D eigenvalue weighted by molar-refractivity contribution is 7.99. The van der Waals surface area contributed by atoms with E-state index < -0.39 is 0 Å². The third-order valence-electron chi connectivity index (χ3n) is 5.22. The molecule has 0 radical (unpaired) electrons. The Bertz CT molecular complexity index is 1070. The Kier molecular flexibility index (Phi) is 6.59. The van der Waals surface area contributed by atoms with Gasteiger partial charge in [-0.1, -0.05) is 48.0 Å². The van der Waals surface area contributed by atoms with E-state index in [4.69, 9.17) is 9.47 Å². The second-order valence-corrected chi connectivity index (χ2v) is 8.36. The van der Waals surface area contributed by atoms with Crippen LogP contribution in [0.15, 0.2) is 76.5 Å². The number of fused-ring (bicyclic) bond motifs is 2. The Balaban J connectivity index is 1.42. The topological polar surface area (TPSA) is 24.9 Å². The molecular weight excluding hydrogens is 404 g/mol. The third kappa shape index (κ3) is 4.76. The van der Waals surface area contributed by atoms with Gasteiger partial charge in [0.2, 0.25) is 0 Å². The number of likely N-dealkylation sites (N-methyl/N-ethyl adjacent to an activating group) is 1. The maximum absolute atomic E-state index is 5.40. The highest BCUT2D eigenvalue weighted by Gasteiger charge is 2.21. The predicted molar refractivity (Wildman–Crippen MR) is 128 cm³/mol. The number of hydrogen-bond acceptors (Lipinski definition) is 5. The molecule has 1 heterocycles. The van der Waals surface area contributed by atoms with Gasteiger partial charge in [-0.2, -0.15) is 0 Å². The summed E-state index contributed by atoms with van der Waals surface area (Å²) in [5, 5.41) is 0. The highest BCUT2D eigenvalue weighted by Crippen LogP contribution is 2.47. The molecule has 0 saturated carbocycles. The van der Waals surface area contributed by atoms with Gasteiger partial charge in [0, 0.05) is 29.4 Å². The summed E-state index contributed by atoms with van der Waals surface area (Å²) < 4.78 is 10.7. The molecule has 0 fully saturated rings. The van der Waals surface area contributed by atoms with Crippen LogP contribution < -0.4 is 14.4 Å². The van der Waals surface area contributed by atoms with Crippen LogP contribution >= 0.6 is 11.8 Å². The van der Waals surface area contributed by atoms with Crippen molar-refractivity contribution in [3.63, 3.8) is 0 Å². The molecule has 5 heteroatoms. The number of anilines is 2. The highest BCUT2D eigenvalue weighted by atomic mass is 32.2. The molecule has 4 rings (SSSR count). The van der Waals surface area contributed by atoms with E-state index >= 15 is 0 Å². The molecule has 31 heavy (non-hydrogen) atoms. The molecule has 0 atom stereocenters. The molecule has 0 bridgehead atoms. The van der Waals surface area contributed by atoms with Gasteiger partial charge in [0.15, 0.2) is 11.5 Å². The SMILES string of the molecule is COc1ccc(CCN(C)C#CCN2c3ccccc3Sc3ccccc32)cc1OC. The Morgan fingerprint density at radius 3 is 2.16 bits per heavy atom. The number of nitrogens with zero attached hydrogens (tertiary/aromatic N) is 2. The van der Waals surface area contributed by atoms with Crippen molar-refractivity contribution in [2.75, 3.05) is 39.3 Å². The Labute approximate surface area is 188 Å². The lowest BCUT2D eigenvalue weighted by molar-refractivity contribution is 0.354. The van der Waals surface area contributed by atoms with Gasteiger partial charge in [-0.3, -0.25) is 0 Å². The van der Waals surface area contributed by atoms with Crippen LogP contribution in [-0.4, -0.2) is 39.3 Å². The van der Waals surface area contributed by atoms with E-state index in [-0.39, 0.29) is 0 Å². The first-order chi connectivity index (χ1) is 15.2. The Morgan fingerprint density at radius 1 is 0.871 bits per heavy atom. The van der Waals surface area contributed by atoms with Crippen molar-refractivity contribution in [1.82, 2.24) is 4.90 Å². The second kappa shape index (κ2) is 9.72. The fourth-order valence-corrected chi connectivity index (χ4v) is 4.69. The molecule has 0 amide bonds. The number of ether oxygens (including phenoxy) is 2. The summed E-state index contributed by atoms with van der Waals surface area (Å²) in [5.41, 5.74) is 3.63. The van der Waals surface area contributed by atoms with E-state index in [9.17, 15) is 0 Å². The second-order valence-electron chi connectivity index (χ2n) is 7.27. The first-order valence-corrected chi connectivity index (χ1v) is 11.0. The quantitative estimate of drug-likeness (QED) is 0.383. The summed E-state index contributed by atoms with van der Waals surface area (Å²) >= 11 is 1.82. The zero-order valence-electron chi connectivity index (χ0n) is 18.1. The lowest BCUT2D eigenvalue weighted by atomic mass is 10.1. The van der Waals surface area contributed by atoms with Crippen LogP contribution in [0.1, 0.15) is 5.56 Å². The standard InChI is InChI=1S/C26H26N2O2S/c1-27(18-15-20-13-14-23(29-2)24(19-20)30-3)16-8-17-28-21-9-4-6-11-25(21)31-26-12-7-5-10-22(26)28/h4-7,9-14,19H,15,17-18H2,1-3H3.